The first-order valence-corrected chi connectivity index (χ1v) is 8.64. The number of nitrogens with one attached hydrogen (secondary N) is 1. The molecule has 1 aromatic carbocycles. The van der Waals surface area contributed by atoms with Gasteiger partial charge in [-0.2, -0.15) is 0 Å². The van der Waals surface area contributed by atoms with Crippen LogP contribution in [0.25, 0.3) is 0 Å². The first kappa shape index (κ1) is 17.0. The smallest absolute Gasteiger partial charge is 0.224 e. The summed E-state index contributed by atoms with van der Waals surface area (Å²) in [6.07, 6.45) is 2.42. The van der Waals surface area contributed by atoms with E-state index in [9.17, 15) is 4.79 Å². The van der Waals surface area contributed by atoms with Gasteiger partial charge in [0.15, 0.2) is 0 Å². The Morgan fingerprint density at radius 1 is 1.25 bits per heavy atom. The first-order valence-electron chi connectivity index (χ1n) is 8.64. The van der Waals surface area contributed by atoms with Crippen LogP contribution in [-0.4, -0.2) is 62.9 Å². The number of piperidine rings is 1. The number of benzene rings is 1. The van der Waals surface area contributed by atoms with Gasteiger partial charge in [0.25, 0.3) is 0 Å². The van der Waals surface area contributed by atoms with Crippen molar-refractivity contribution in [3.8, 4) is 11.5 Å². The molecule has 0 spiro atoms. The maximum Gasteiger partial charge on any atom is 0.224 e. The average Bonchev–Trinajstić information content (AvgIpc) is 2.64. The molecule has 24 heavy (non-hydrogen) atoms. The van der Waals surface area contributed by atoms with Gasteiger partial charge in [-0.05, 0) is 24.3 Å². The number of morpholine rings is 1. The summed E-state index contributed by atoms with van der Waals surface area (Å²) in [4.78, 5) is 14.3. The van der Waals surface area contributed by atoms with Gasteiger partial charge in [-0.25, -0.2) is 0 Å². The van der Waals surface area contributed by atoms with Gasteiger partial charge in [-0.3, -0.25) is 4.79 Å². The van der Waals surface area contributed by atoms with Gasteiger partial charge in [0.05, 0.1) is 20.3 Å². The number of nitrogens with zero attached hydrogens (tertiary/aromatic N) is 1. The van der Waals surface area contributed by atoms with Crippen molar-refractivity contribution in [2.75, 3.05) is 40.0 Å². The van der Waals surface area contributed by atoms with Crippen molar-refractivity contribution in [1.29, 1.82) is 0 Å². The van der Waals surface area contributed by atoms with Gasteiger partial charge in [-0.1, -0.05) is 0 Å². The standard InChI is InChI=1S/C18H26N2O4/c1-22-15-2-4-16(5-3-15)24-17-6-9-20(10-7-17)18(21)12-14-13-23-11-8-19-14/h2-5,14,17,19H,6-13H2,1H3/t14-/m0/s1. The van der Waals surface area contributed by atoms with Crippen molar-refractivity contribution in [1.82, 2.24) is 10.2 Å². The lowest BCUT2D eigenvalue weighted by atomic mass is 10.1. The van der Waals surface area contributed by atoms with Gasteiger partial charge >= 0.3 is 0 Å². The number of carbonyl (C=O) groups is 1. The number of hydrogen-bond donors (Lipinski definition) is 1. The van der Waals surface area contributed by atoms with Crippen molar-refractivity contribution >= 4 is 5.91 Å². The molecule has 1 aromatic rings. The van der Waals surface area contributed by atoms with Gasteiger partial charge < -0.3 is 24.4 Å². The molecular formula is C18H26N2O4. The van der Waals surface area contributed by atoms with Crippen LogP contribution in [0.3, 0.4) is 0 Å². The van der Waals surface area contributed by atoms with E-state index >= 15 is 0 Å². The molecule has 1 amide bonds. The Hall–Kier alpha value is -1.79. The maximum absolute atomic E-state index is 12.4. The Morgan fingerprint density at radius 2 is 1.96 bits per heavy atom. The Balaban J connectivity index is 1.42. The van der Waals surface area contributed by atoms with Gasteiger partial charge in [0.1, 0.15) is 17.6 Å². The van der Waals surface area contributed by atoms with Gasteiger partial charge in [0, 0.05) is 44.9 Å². The third kappa shape index (κ3) is 4.61. The molecule has 0 unspecified atom stereocenters. The van der Waals surface area contributed by atoms with Gasteiger partial charge in [-0.15, -0.1) is 0 Å². The van der Waals surface area contributed by atoms with Crippen LogP contribution in [0.1, 0.15) is 19.3 Å². The summed E-state index contributed by atoms with van der Waals surface area (Å²) in [6.45, 7) is 3.71. The van der Waals surface area contributed by atoms with E-state index in [1.54, 1.807) is 7.11 Å². The minimum Gasteiger partial charge on any atom is -0.497 e. The van der Waals surface area contributed by atoms with Crippen molar-refractivity contribution in [2.45, 2.75) is 31.4 Å². The molecule has 132 valence electrons. The Labute approximate surface area is 143 Å². The molecule has 0 bridgehead atoms. The van der Waals surface area contributed by atoms with Crippen LogP contribution in [0, 0.1) is 0 Å². The van der Waals surface area contributed by atoms with Gasteiger partial charge in [0.2, 0.25) is 5.91 Å². The molecule has 6 heteroatoms. The second kappa shape index (κ2) is 8.35. The second-order valence-corrected chi connectivity index (χ2v) is 6.30. The van der Waals surface area contributed by atoms with Crippen LogP contribution in [0.5, 0.6) is 11.5 Å². The SMILES string of the molecule is COc1ccc(OC2CCN(C(=O)C[C@H]3COCCN3)CC2)cc1. The summed E-state index contributed by atoms with van der Waals surface area (Å²) < 4.78 is 16.6. The topological polar surface area (TPSA) is 60.0 Å². The molecular weight excluding hydrogens is 308 g/mol. The fraction of sp³-hybridized carbons (Fsp3) is 0.611. The monoisotopic (exact) mass is 334 g/mol. The predicted molar refractivity (Wildman–Crippen MR) is 90.5 cm³/mol. The molecule has 3 rings (SSSR count). The second-order valence-electron chi connectivity index (χ2n) is 6.30. The van der Waals surface area contributed by atoms with Crippen molar-refractivity contribution < 1.29 is 19.0 Å². The summed E-state index contributed by atoms with van der Waals surface area (Å²) in [5, 5.41) is 3.33. The van der Waals surface area contributed by atoms with E-state index in [0.717, 1.165) is 50.6 Å². The first-order chi connectivity index (χ1) is 11.7. The highest BCUT2D eigenvalue weighted by molar-refractivity contribution is 5.77. The molecule has 0 saturated carbocycles. The molecule has 0 radical (unpaired) electrons. The number of amides is 1. The Morgan fingerprint density at radius 3 is 2.58 bits per heavy atom. The molecule has 2 aliphatic heterocycles. The minimum absolute atomic E-state index is 0.152. The van der Waals surface area contributed by atoms with E-state index in [-0.39, 0.29) is 18.1 Å². The highest BCUT2D eigenvalue weighted by Crippen LogP contribution is 2.22. The predicted octanol–water partition coefficient (Wildman–Crippen LogP) is 1.44. The zero-order chi connectivity index (χ0) is 16.8. The summed E-state index contributed by atoms with van der Waals surface area (Å²) in [5.41, 5.74) is 0. The van der Waals surface area contributed by atoms with E-state index < -0.39 is 0 Å². The maximum atomic E-state index is 12.4. The fourth-order valence-electron chi connectivity index (χ4n) is 3.16. The summed E-state index contributed by atoms with van der Waals surface area (Å²) >= 11 is 0. The molecule has 0 aromatic heterocycles. The highest BCUT2D eigenvalue weighted by atomic mass is 16.5. The van der Waals surface area contributed by atoms with E-state index in [4.69, 9.17) is 14.2 Å². The number of hydrogen-bond acceptors (Lipinski definition) is 5. The van der Waals surface area contributed by atoms with E-state index in [1.807, 2.05) is 29.2 Å². The number of methoxy groups -OCH3 is 1. The summed E-state index contributed by atoms with van der Waals surface area (Å²) in [5.74, 6) is 1.88. The third-order valence-electron chi connectivity index (χ3n) is 4.58. The van der Waals surface area contributed by atoms with Crippen LogP contribution >= 0.6 is 0 Å². The molecule has 2 heterocycles. The lowest BCUT2D eigenvalue weighted by molar-refractivity contribution is -0.134. The number of ether oxygens (including phenoxy) is 3. The zero-order valence-corrected chi connectivity index (χ0v) is 14.2. The normalized spacial score (nSPS) is 22.2. The van der Waals surface area contributed by atoms with E-state index in [0.29, 0.717) is 13.0 Å². The number of rotatable bonds is 5. The lowest BCUT2D eigenvalue weighted by Crippen LogP contribution is -2.47. The van der Waals surface area contributed by atoms with Crippen LogP contribution in [0.2, 0.25) is 0 Å². The molecule has 1 N–H and O–H groups in total. The van der Waals surface area contributed by atoms with Crippen molar-refractivity contribution in [3.63, 3.8) is 0 Å². The van der Waals surface area contributed by atoms with Crippen molar-refractivity contribution in [2.24, 2.45) is 0 Å². The molecule has 6 nitrogen and oxygen atoms in total. The average molecular weight is 334 g/mol. The Kier molecular flexibility index (Phi) is 5.93. The van der Waals surface area contributed by atoms with E-state index in [2.05, 4.69) is 5.32 Å². The molecule has 2 saturated heterocycles. The molecule has 1 atom stereocenters. The third-order valence-corrected chi connectivity index (χ3v) is 4.58. The molecule has 2 aliphatic rings. The quantitative estimate of drug-likeness (QED) is 0.883. The fourth-order valence-corrected chi connectivity index (χ4v) is 3.16. The molecule has 0 aliphatic carbocycles. The zero-order valence-electron chi connectivity index (χ0n) is 14.2. The van der Waals surface area contributed by atoms with Crippen LogP contribution in [0.15, 0.2) is 24.3 Å². The largest absolute Gasteiger partial charge is 0.497 e. The summed E-state index contributed by atoms with van der Waals surface area (Å²) in [6, 6.07) is 7.79. The highest BCUT2D eigenvalue weighted by Gasteiger charge is 2.26. The summed E-state index contributed by atoms with van der Waals surface area (Å²) in [7, 11) is 1.65. The minimum atomic E-state index is 0.152. The van der Waals surface area contributed by atoms with Crippen molar-refractivity contribution in [3.05, 3.63) is 24.3 Å². The van der Waals surface area contributed by atoms with Crippen LogP contribution in [-0.2, 0) is 9.53 Å². The lowest BCUT2D eigenvalue weighted by Gasteiger charge is -2.33. The van der Waals surface area contributed by atoms with Crippen LogP contribution in [0.4, 0.5) is 0 Å². The molecule has 2 fully saturated rings. The van der Waals surface area contributed by atoms with Crippen LogP contribution < -0.4 is 14.8 Å². The number of likely N-dealkylation sites (tertiary alicyclic amines) is 1. The Bertz CT molecular complexity index is 520. The van der Waals surface area contributed by atoms with E-state index in [1.165, 1.54) is 0 Å². The number of carbonyl (C=O) groups excluding carboxylic acids is 1.